The molecular formula is C17H22N2O3. The highest BCUT2D eigenvalue weighted by atomic mass is 16.5. The highest BCUT2D eigenvalue weighted by Gasteiger charge is 2.26. The number of hydrogen-bond donors (Lipinski definition) is 1. The fourth-order valence-corrected chi connectivity index (χ4v) is 2.51. The molecule has 5 nitrogen and oxygen atoms in total. The molecule has 1 N–H and O–H groups in total. The van der Waals surface area contributed by atoms with Crippen molar-refractivity contribution in [3.63, 3.8) is 0 Å². The molecule has 0 bridgehead atoms. The van der Waals surface area contributed by atoms with Crippen LogP contribution in [0.5, 0.6) is 0 Å². The van der Waals surface area contributed by atoms with E-state index in [4.69, 9.17) is 4.74 Å². The van der Waals surface area contributed by atoms with E-state index in [9.17, 15) is 9.59 Å². The molecule has 1 aliphatic carbocycles. The molecule has 1 aromatic heterocycles. The van der Waals surface area contributed by atoms with Gasteiger partial charge in [0.05, 0.1) is 6.61 Å². The molecule has 1 aromatic rings. The molecule has 0 unspecified atom stereocenters. The number of allylic oxidation sites excluding steroid dienone is 2. The zero-order valence-electron chi connectivity index (χ0n) is 12.8. The van der Waals surface area contributed by atoms with Gasteiger partial charge in [-0.3, -0.25) is 9.78 Å². The molecule has 1 amide bonds. The zero-order chi connectivity index (χ0) is 15.8. The number of nitrogens with one attached hydrogen (secondary N) is 1. The number of amides is 1. The fourth-order valence-electron chi connectivity index (χ4n) is 2.51. The van der Waals surface area contributed by atoms with E-state index in [0.717, 1.165) is 24.8 Å². The lowest BCUT2D eigenvalue weighted by atomic mass is 9.93. The Labute approximate surface area is 130 Å². The summed E-state index contributed by atoms with van der Waals surface area (Å²) in [4.78, 5) is 28.4. The van der Waals surface area contributed by atoms with Crippen molar-refractivity contribution in [2.45, 2.75) is 38.6 Å². The number of rotatable bonds is 6. The van der Waals surface area contributed by atoms with Crippen LogP contribution < -0.4 is 5.32 Å². The van der Waals surface area contributed by atoms with E-state index in [0.29, 0.717) is 13.0 Å². The van der Waals surface area contributed by atoms with Crippen LogP contribution in [0.25, 0.3) is 0 Å². The smallest absolute Gasteiger partial charge is 0.328 e. The minimum atomic E-state index is -0.652. The van der Waals surface area contributed by atoms with Crippen molar-refractivity contribution in [3.8, 4) is 0 Å². The monoisotopic (exact) mass is 302 g/mol. The van der Waals surface area contributed by atoms with Crippen molar-refractivity contribution < 1.29 is 14.3 Å². The summed E-state index contributed by atoms with van der Waals surface area (Å²) in [5.41, 5.74) is 0.942. The van der Waals surface area contributed by atoms with Gasteiger partial charge in [-0.1, -0.05) is 12.2 Å². The van der Waals surface area contributed by atoms with Crippen LogP contribution in [-0.4, -0.2) is 29.5 Å². The van der Waals surface area contributed by atoms with Gasteiger partial charge < -0.3 is 10.1 Å². The maximum absolute atomic E-state index is 12.3. The third-order valence-electron chi connectivity index (χ3n) is 3.72. The number of esters is 1. The number of hydrogen-bond acceptors (Lipinski definition) is 4. The largest absolute Gasteiger partial charge is 0.464 e. The Morgan fingerprint density at radius 2 is 2.14 bits per heavy atom. The lowest BCUT2D eigenvalue weighted by Crippen LogP contribution is -2.46. The van der Waals surface area contributed by atoms with Crippen LogP contribution in [0, 0.1) is 5.92 Å². The van der Waals surface area contributed by atoms with Crippen molar-refractivity contribution in [3.05, 3.63) is 42.2 Å². The molecule has 1 aliphatic rings. The number of pyridine rings is 1. The van der Waals surface area contributed by atoms with E-state index < -0.39 is 6.04 Å². The Bertz CT molecular complexity index is 528. The molecule has 22 heavy (non-hydrogen) atoms. The fraction of sp³-hybridized carbons (Fsp3) is 0.471. The predicted octanol–water partition coefficient (Wildman–Crippen LogP) is 2.03. The first-order chi connectivity index (χ1) is 10.7. The van der Waals surface area contributed by atoms with Gasteiger partial charge in [-0.25, -0.2) is 4.79 Å². The lowest BCUT2D eigenvalue weighted by Gasteiger charge is -2.22. The Hall–Kier alpha value is -2.17. The number of ether oxygens (including phenoxy) is 1. The van der Waals surface area contributed by atoms with Gasteiger partial charge in [0.2, 0.25) is 5.91 Å². The van der Waals surface area contributed by atoms with Gasteiger partial charge in [-0.05, 0) is 43.9 Å². The molecule has 2 atom stereocenters. The maximum Gasteiger partial charge on any atom is 0.328 e. The topological polar surface area (TPSA) is 68.3 Å². The molecule has 0 fully saturated rings. The number of carbonyl (C=O) groups is 2. The van der Waals surface area contributed by atoms with Crippen molar-refractivity contribution >= 4 is 11.9 Å². The Balaban J connectivity index is 2.02. The third-order valence-corrected chi connectivity index (χ3v) is 3.72. The molecule has 0 aromatic carbocycles. The van der Waals surface area contributed by atoms with Gasteiger partial charge in [-0.15, -0.1) is 0 Å². The normalized spacial score (nSPS) is 18.5. The second kappa shape index (κ2) is 8.32. The van der Waals surface area contributed by atoms with Crippen LogP contribution in [0.3, 0.4) is 0 Å². The molecule has 0 aliphatic heterocycles. The minimum Gasteiger partial charge on any atom is -0.464 e. The summed E-state index contributed by atoms with van der Waals surface area (Å²) in [6.45, 7) is 2.06. The average molecular weight is 302 g/mol. The molecule has 0 radical (unpaired) electrons. The quantitative estimate of drug-likeness (QED) is 0.645. The van der Waals surface area contributed by atoms with Gasteiger partial charge in [0, 0.05) is 24.7 Å². The van der Waals surface area contributed by atoms with E-state index in [2.05, 4.69) is 16.4 Å². The highest BCUT2D eigenvalue weighted by molar-refractivity contribution is 5.86. The van der Waals surface area contributed by atoms with Crippen molar-refractivity contribution in [1.29, 1.82) is 0 Å². The van der Waals surface area contributed by atoms with Crippen LogP contribution in [0.4, 0.5) is 0 Å². The Morgan fingerprint density at radius 3 is 2.77 bits per heavy atom. The zero-order valence-corrected chi connectivity index (χ0v) is 12.8. The molecule has 5 heteroatoms. The molecule has 118 valence electrons. The predicted molar refractivity (Wildman–Crippen MR) is 83.0 cm³/mol. The summed E-state index contributed by atoms with van der Waals surface area (Å²) in [6, 6.07) is 3.02. The van der Waals surface area contributed by atoms with Gasteiger partial charge >= 0.3 is 5.97 Å². The van der Waals surface area contributed by atoms with Crippen molar-refractivity contribution in [2.75, 3.05) is 6.61 Å². The summed E-state index contributed by atoms with van der Waals surface area (Å²) in [5.74, 6) is -0.519. The van der Waals surface area contributed by atoms with Crippen LogP contribution in [0.1, 0.15) is 31.7 Å². The van der Waals surface area contributed by atoms with Crippen LogP contribution in [0.2, 0.25) is 0 Å². The van der Waals surface area contributed by atoms with Crippen LogP contribution in [-0.2, 0) is 20.7 Å². The third kappa shape index (κ3) is 4.69. The molecule has 2 rings (SSSR count). The summed E-state index contributed by atoms with van der Waals surface area (Å²) in [7, 11) is 0. The number of nitrogens with zero attached hydrogens (tertiary/aromatic N) is 1. The second-order valence-electron chi connectivity index (χ2n) is 5.35. The van der Waals surface area contributed by atoms with E-state index in [1.807, 2.05) is 18.2 Å². The number of carbonyl (C=O) groups excluding carboxylic acids is 2. The SMILES string of the molecule is CCOC(=O)[C@@H](Cc1ccncc1)NC(=O)[C@@H]1CC=CCC1. The molecule has 0 saturated carbocycles. The maximum atomic E-state index is 12.3. The average Bonchev–Trinajstić information content (AvgIpc) is 2.56. The summed E-state index contributed by atoms with van der Waals surface area (Å²) in [5, 5.41) is 2.85. The Morgan fingerprint density at radius 1 is 1.36 bits per heavy atom. The summed E-state index contributed by atoms with van der Waals surface area (Å²) in [6.07, 6.45) is 10.3. The van der Waals surface area contributed by atoms with Gasteiger partial charge in [0.25, 0.3) is 0 Å². The number of aromatic nitrogens is 1. The van der Waals surface area contributed by atoms with Gasteiger partial charge in [0.15, 0.2) is 0 Å². The van der Waals surface area contributed by atoms with Crippen molar-refractivity contribution in [2.24, 2.45) is 5.92 Å². The summed E-state index contributed by atoms with van der Waals surface area (Å²) >= 11 is 0. The van der Waals surface area contributed by atoms with E-state index >= 15 is 0 Å². The van der Waals surface area contributed by atoms with Crippen LogP contribution in [0.15, 0.2) is 36.7 Å². The second-order valence-corrected chi connectivity index (χ2v) is 5.35. The van der Waals surface area contributed by atoms with E-state index in [1.165, 1.54) is 0 Å². The molecular weight excluding hydrogens is 280 g/mol. The highest BCUT2D eigenvalue weighted by Crippen LogP contribution is 2.18. The van der Waals surface area contributed by atoms with Gasteiger partial charge in [0.1, 0.15) is 6.04 Å². The first-order valence-electron chi connectivity index (χ1n) is 7.71. The minimum absolute atomic E-state index is 0.0561. The van der Waals surface area contributed by atoms with E-state index in [-0.39, 0.29) is 17.8 Å². The first kappa shape index (κ1) is 16.2. The van der Waals surface area contributed by atoms with E-state index in [1.54, 1.807) is 19.3 Å². The molecule has 0 spiro atoms. The first-order valence-corrected chi connectivity index (χ1v) is 7.71. The van der Waals surface area contributed by atoms with Crippen LogP contribution >= 0.6 is 0 Å². The standard InChI is InChI=1S/C17H22N2O3/c1-2-22-17(21)15(12-13-8-10-18-11-9-13)19-16(20)14-6-4-3-5-7-14/h3-4,8-11,14-15H,2,5-7,12H2,1H3,(H,19,20)/t14-,15-/m1/s1. The lowest BCUT2D eigenvalue weighted by molar-refractivity contribution is -0.147. The van der Waals surface area contributed by atoms with Gasteiger partial charge in [-0.2, -0.15) is 0 Å². The molecule has 0 saturated heterocycles. The summed E-state index contributed by atoms with van der Waals surface area (Å²) < 4.78 is 5.08. The molecule has 1 heterocycles. The van der Waals surface area contributed by atoms with Crippen molar-refractivity contribution in [1.82, 2.24) is 10.3 Å². The Kier molecular flexibility index (Phi) is 6.13.